The van der Waals surface area contributed by atoms with Crippen LogP contribution in [-0.4, -0.2) is 38.6 Å². The smallest absolute Gasteiger partial charge is 0.257 e. The molecule has 1 aromatic heterocycles. The lowest BCUT2D eigenvalue weighted by Gasteiger charge is -2.28. The van der Waals surface area contributed by atoms with Crippen LogP contribution in [0.1, 0.15) is 27.6 Å². The van der Waals surface area contributed by atoms with Gasteiger partial charge in [0.1, 0.15) is 5.76 Å². The van der Waals surface area contributed by atoms with Gasteiger partial charge in [0.2, 0.25) is 0 Å². The van der Waals surface area contributed by atoms with Gasteiger partial charge in [0.15, 0.2) is 9.84 Å². The van der Waals surface area contributed by atoms with Crippen LogP contribution in [0.25, 0.3) is 0 Å². The van der Waals surface area contributed by atoms with Gasteiger partial charge in [-0.1, -0.05) is 17.7 Å². The van der Waals surface area contributed by atoms with Crippen molar-refractivity contribution in [2.24, 2.45) is 0 Å². The maximum absolute atomic E-state index is 12.6. The lowest BCUT2D eigenvalue weighted by molar-refractivity contribution is 0.0760. The molecule has 2 aromatic rings. The molecule has 5 nitrogen and oxygen atoms in total. The van der Waals surface area contributed by atoms with Gasteiger partial charge in [0, 0.05) is 19.5 Å². The van der Waals surface area contributed by atoms with Crippen LogP contribution in [0.3, 0.4) is 0 Å². The van der Waals surface area contributed by atoms with E-state index in [2.05, 4.69) is 0 Å². The van der Waals surface area contributed by atoms with Gasteiger partial charge in [0.05, 0.1) is 22.5 Å². The second-order valence-corrected chi connectivity index (χ2v) is 7.71. The Morgan fingerprint density at radius 1 is 1.23 bits per heavy atom. The van der Waals surface area contributed by atoms with E-state index in [1.54, 1.807) is 37.4 Å². The Labute approximate surface area is 129 Å². The summed E-state index contributed by atoms with van der Waals surface area (Å²) in [5.74, 6) is -0.0840. The Balaban J connectivity index is 1.92. The molecular weight excluding hydrogens is 302 g/mol. The molecule has 1 amide bonds. The number of carbonyl (C=O) groups is 1. The Hall–Kier alpha value is -2.08. The third-order valence-corrected chi connectivity index (χ3v) is 5.77. The van der Waals surface area contributed by atoms with Crippen LogP contribution in [-0.2, 0) is 9.84 Å². The van der Waals surface area contributed by atoms with Crippen LogP contribution in [0, 0.1) is 6.92 Å². The minimum absolute atomic E-state index is 0.0752. The molecule has 1 atom stereocenters. The fraction of sp³-hybridized carbons (Fsp3) is 0.312. The molecule has 2 heterocycles. The van der Waals surface area contributed by atoms with Crippen LogP contribution in [0.2, 0.25) is 0 Å². The first kappa shape index (κ1) is 14.8. The lowest BCUT2D eigenvalue weighted by atomic mass is 9.99. The number of benzene rings is 1. The monoisotopic (exact) mass is 319 g/mol. The third kappa shape index (κ3) is 2.54. The summed E-state index contributed by atoms with van der Waals surface area (Å²) in [7, 11) is -1.77. The summed E-state index contributed by atoms with van der Waals surface area (Å²) in [5.41, 5.74) is 1.47. The van der Waals surface area contributed by atoms with E-state index in [1.807, 2.05) is 6.92 Å². The predicted octanol–water partition coefficient (Wildman–Crippen LogP) is 2.23. The van der Waals surface area contributed by atoms with Crippen molar-refractivity contribution in [1.82, 2.24) is 4.90 Å². The summed E-state index contributed by atoms with van der Waals surface area (Å²) in [6, 6.07) is 8.39. The van der Waals surface area contributed by atoms with Gasteiger partial charge in [-0.15, -0.1) is 0 Å². The molecular formula is C16H17NO4S. The number of likely N-dealkylation sites (N-methyl/N-ethyl adjacent to an activating group) is 1. The maximum atomic E-state index is 12.6. The number of hydrogen-bond donors (Lipinski definition) is 0. The highest BCUT2D eigenvalue weighted by Gasteiger charge is 2.35. The second kappa shape index (κ2) is 5.28. The maximum Gasteiger partial charge on any atom is 0.257 e. The number of nitrogens with zero attached hydrogens (tertiary/aromatic N) is 1. The molecule has 0 saturated heterocycles. The lowest BCUT2D eigenvalue weighted by Crippen LogP contribution is -2.38. The molecule has 3 rings (SSSR count). The average Bonchev–Trinajstić information content (AvgIpc) is 2.94. The van der Waals surface area contributed by atoms with Crippen LogP contribution in [0.15, 0.2) is 45.9 Å². The third-order valence-electron chi connectivity index (χ3n) is 3.94. The number of hydrogen-bond acceptors (Lipinski definition) is 4. The van der Waals surface area contributed by atoms with Gasteiger partial charge in [0.25, 0.3) is 5.91 Å². The van der Waals surface area contributed by atoms with Gasteiger partial charge in [-0.05, 0) is 25.1 Å². The normalized spacial score (nSPS) is 18.4. The largest absolute Gasteiger partial charge is 0.468 e. The van der Waals surface area contributed by atoms with Gasteiger partial charge in [-0.3, -0.25) is 4.79 Å². The Kier molecular flexibility index (Phi) is 3.56. The molecule has 22 heavy (non-hydrogen) atoms. The number of rotatable bonds is 3. The summed E-state index contributed by atoms with van der Waals surface area (Å²) < 4.78 is 30.5. The Bertz CT molecular complexity index is 805. The number of fused-ring (bicyclic) bond motifs is 1. The predicted molar refractivity (Wildman–Crippen MR) is 81.6 cm³/mol. The summed E-state index contributed by atoms with van der Waals surface area (Å²) in [6.07, 6.45) is 1.44. The van der Waals surface area contributed by atoms with Crippen molar-refractivity contribution < 1.29 is 17.6 Å². The van der Waals surface area contributed by atoms with E-state index in [9.17, 15) is 13.2 Å². The molecule has 0 bridgehead atoms. The van der Waals surface area contributed by atoms with Gasteiger partial charge in [-0.25, -0.2) is 8.42 Å². The zero-order valence-electron chi connectivity index (χ0n) is 12.4. The highest BCUT2D eigenvalue weighted by molar-refractivity contribution is 7.91. The molecule has 0 aliphatic carbocycles. The zero-order chi connectivity index (χ0) is 15.9. The molecule has 1 unspecified atom stereocenters. The first-order valence-electron chi connectivity index (χ1n) is 7.01. The summed E-state index contributed by atoms with van der Waals surface area (Å²) >= 11 is 0. The first-order valence-corrected chi connectivity index (χ1v) is 8.66. The van der Waals surface area contributed by atoms with Crippen molar-refractivity contribution in [3.8, 4) is 0 Å². The van der Waals surface area contributed by atoms with Gasteiger partial charge in [-0.2, -0.15) is 0 Å². The highest BCUT2D eigenvalue weighted by Crippen LogP contribution is 2.31. The molecule has 0 fully saturated rings. The van der Waals surface area contributed by atoms with Gasteiger partial charge < -0.3 is 9.32 Å². The second-order valence-electron chi connectivity index (χ2n) is 5.68. The summed E-state index contributed by atoms with van der Waals surface area (Å²) in [5, 5.41) is 0. The molecule has 0 spiro atoms. The molecule has 0 saturated carbocycles. The molecule has 1 aliphatic heterocycles. The molecule has 116 valence electrons. The van der Waals surface area contributed by atoms with E-state index >= 15 is 0 Å². The minimum atomic E-state index is -3.44. The number of aryl methyl sites for hydroxylation is 1. The van der Waals surface area contributed by atoms with Crippen molar-refractivity contribution >= 4 is 15.7 Å². The van der Waals surface area contributed by atoms with E-state index in [-0.39, 0.29) is 17.6 Å². The van der Waals surface area contributed by atoms with Crippen molar-refractivity contribution in [2.45, 2.75) is 17.7 Å². The molecule has 0 N–H and O–H groups in total. The van der Waals surface area contributed by atoms with Crippen LogP contribution >= 0.6 is 0 Å². The van der Waals surface area contributed by atoms with Crippen molar-refractivity contribution in [3.05, 3.63) is 53.5 Å². The number of carbonyl (C=O) groups excluding carboxylic acids is 1. The number of sulfone groups is 1. The molecule has 1 aromatic carbocycles. The van der Waals surface area contributed by atoms with E-state index in [4.69, 9.17) is 4.42 Å². The Morgan fingerprint density at radius 2 is 1.91 bits per heavy atom. The van der Waals surface area contributed by atoms with Crippen molar-refractivity contribution in [2.75, 3.05) is 19.3 Å². The van der Waals surface area contributed by atoms with Crippen LogP contribution in [0.4, 0.5) is 0 Å². The fourth-order valence-corrected chi connectivity index (χ4v) is 4.28. The van der Waals surface area contributed by atoms with E-state index in [0.717, 1.165) is 5.56 Å². The van der Waals surface area contributed by atoms with E-state index < -0.39 is 9.84 Å². The summed E-state index contributed by atoms with van der Waals surface area (Å²) in [6.45, 7) is 2.25. The van der Waals surface area contributed by atoms with Crippen LogP contribution in [0.5, 0.6) is 0 Å². The quantitative estimate of drug-likeness (QED) is 0.870. The van der Waals surface area contributed by atoms with Crippen molar-refractivity contribution in [3.63, 3.8) is 0 Å². The topological polar surface area (TPSA) is 67.6 Å². The van der Waals surface area contributed by atoms with E-state index in [0.29, 0.717) is 22.8 Å². The fourth-order valence-electron chi connectivity index (χ4n) is 2.75. The summed E-state index contributed by atoms with van der Waals surface area (Å²) in [4.78, 5) is 13.8. The first-order chi connectivity index (χ1) is 10.4. The number of amides is 1. The Morgan fingerprint density at radius 3 is 2.59 bits per heavy atom. The standard InChI is InChI=1S/C16H17NO4S/c1-11-3-5-13(6-4-11)22(19,20)10-12-9-17(2)16(18)14-7-8-21-15(12)14/h3-8,12H,9-10H2,1-2H3. The zero-order valence-corrected chi connectivity index (χ0v) is 13.3. The molecule has 1 aliphatic rings. The molecule has 0 radical (unpaired) electrons. The van der Waals surface area contributed by atoms with E-state index in [1.165, 1.54) is 11.2 Å². The highest BCUT2D eigenvalue weighted by atomic mass is 32.2. The number of furan rings is 1. The SMILES string of the molecule is Cc1ccc(S(=O)(=O)CC2CN(C)C(=O)c3ccoc32)cc1. The molecule has 6 heteroatoms. The minimum Gasteiger partial charge on any atom is -0.468 e. The average molecular weight is 319 g/mol. The van der Waals surface area contributed by atoms with Gasteiger partial charge >= 0.3 is 0 Å². The van der Waals surface area contributed by atoms with Crippen LogP contribution < -0.4 is 0 Å². The van der Waals surface area contributed by atoms with Crippen molar-refractivity contribution in [1.29, 1.82) is 0 Å².